The number of alkyl halides is 3. The molecular formula is C32H22F3N. The van der Waals surface area contributed by atoms with Gasteiger partial charge in [0.1, 0.15) is 0 Å². The van der Waals surface area contributed by atoms with Crippen molar-refractivity contribution in [2.75, 3.05) is 0 Å². The van der Waals surface area contributed by atoms with E-state index < -0.39 is 11.7 Å². The molecule has 0 N–H and O–H groups in total. The Labute approximate surface area is 207 Å². The summed E-state index contributed by atoms with van der Waals surface area (Å²) in [4.78, 5) is 0. The summed E-state index contributed by atoms with van der Waals surface area (Å²) < 4.78 is 44.1. The molecule has 0 amide bonds. The highest BCUT2D eigenvalue weighted by Gasteiger charge is 2.34. The fraction of sp³-hybridized carbons (Fsp3) is 0.0625. The molecule has 0 unspecified atom stereocenters. The molecule has 0 atom stereocenters. The fourth-order valence-electron chi connectivity index (χ4n) is 4.97. The zero-order valence-corrected chi connectivity index (χ0v) is 19.6. The van der Waals surface area contributed by atoms with E-state index in [1.165, 1.54) is 12.1 Å². The molecular weight excluding hydrogens is 455 g/mol. The standard InChI is InChI=1S/C32H22F3N/c1-21-12-15-28(32(33,34)35)31(18-21)36-29-16-13-24(22-8-4-2-5-9-22)19-26(29)27-20-25(14-17-30(27)36)23-10-6-3-7-11-23/h2-20H,1H3. The van der Waals surface area contributed by atoms with Crippen molar-refractivity contribution < 1.29 is 13.2 Å². The molecule has 0 saturated carbocycles. The lowest BCUT2D eigenvalue weighted by atomic mass is 10.0. The number of rotatable bonds is 3. The molecule has 1 heterocycles. The molecule has 0 spiro atoms. The van der Waals surface area contributed by atoms with Gasteiger partial charge in [-0.15, -0.1) is 0 Å². The van der Waals surface area contributed by atoms with E-state index in [0.29, 0.717) is 0 Å². The summed E-state index contributed by atoms with van der Waals surface area (Å²) in [7, 11) is 0. The summed E-state index contributed by atoms with van der Waals surface area (Å²) in [5.74, 6) is 0. The molecule has 0 bridgehead atoms. The van der Waals surface area contributed by atoms with Gasteiger partial charge >= 0.3 is 6.18 Å². The lowest BCUT2D eigenvalue weighted by Crippen LogP contribution is -2.11. The predicted molar refractivity (Wildman–Crippen MR) is 141 cm³/mol. The van der Waals surface area contributed by atoms with Crippen LogP contribution < -0.4 is 0 Å². The van der Waals surface area contributed by atoms with Crippen LogP contribution in [0.2, 0.25) is 0 Å². The quantitative estimate of drug-likeness (QED) is 0.239. The van der Waals surface area contributed by atoms with E-state index in [0.717, 1.165) is 49.6 Å². The lowest BCUT2D eigenvalue weighted by Gasteiger charge is -2.17. The minimum atomic E-state index is -4.47. The van der Waals surface area contributed by atoms with Crippen LogP contribution in [0.1, 0.15) is 11.1 Å². The minimum absolute atomic E-state index is 0.141. The van der Waals surface area contributed by atoms with E-state index in [-0.39, 0.29) is 5.69 Å². The Morgan fingerprint density at radius 3 is 1.50 bits per heavy atom. The molecule has 5 aromatic carbocycles. The first-order valence-electron chi connectivity index (χ1n) is 11.8. The maximum Gasteiger partial charge on any atom is 0.418 e. The van der Waals surface area contributed by atoms with Gasteiger partial charge in [-0.2, -0.15) is 13.2 Å². The summed E-state index contributed by atoms with van der Waals surface area (Å²) in [6, 6.07) is 36.3. The number of nitrogens with zero attached hydrogens (tertiary/aromatic N) is 1. The highest BCUT2D eigenvalue weighted by atomic mass is 19.4. The number of hydrogen-bond donors (Lipinski definition) is 0. The van der Waals surface area contributed by atoms with E-state index in [1.54, 1.807) is 10.6 Å². The number of benzene rings is 5. The van der Waals surface area contributed by atoms with Crippen molar-refractivity contribution in [1.82, 2.24) is 4.57 Å². The van der Waals surface area contributed by atoms with Crippen LogP contribution in [-0.2, 0) is 6.18 Å². The molecule has 1 nitrogen and oxygen atoms in total. The first-order chi connectivity index (χ1) is 17.4. The summed E-state index contributed by atoms with van der Waals surface area (Å²) in [6.45, 7) is 1.82. The molecule has 36 heavy (non-hydrogen) atoms. The van der Waals surface area contributed by atoms with Crippen LogP contribution in [0.15, 0.2) is 115 Å². The zero-order valence-electron chi connectivity index (χ0n) is 19.6. The van der Waals surface area contributed by atoms with Crippen molar-refractivity contribution >= 4 is 21.8 Å². The van der Waals surface area contributed by atoms with Gasteiger partial charge in [-0.1, -0.05) is 78.9 Å². The van der Waals surface area contributed by atoms with Gasteiger partial charge in [-0.25, -0.2) is 0 Å². The van der Waals surface area contributed by atoms with Gasteiger partial charge in [0.25, 0.3) is 0 Å². The SMILES string of the molecule is Cc1ccc(C(F)(F)F)c(-n2c3ccc(-c4ccccc4)cc3c3cc(-c4ccccc4)ccc32)c1. The Hall–Kier alpha value is -4.31. The molecule has 176 valence electrons. The maximum absolute atomic E-state index is 14.1. The summed E-state index contributed by atoms with van der Waals surface area (Å²) >= 11 is 0. The van der Waals surface area contributed by atoms with E-state index >= 15 is 0 Å². The summed E-state index contributed by atoms with van der Waals surface area (Å²) in [6.07, 6.45) is -4.47. The number of fused-ring (bicyclic) bond motifs is 3. The van der Waals surface area contributed by atoms with Crippen LogP contribution in [0.3, 0.4) is 0 Å². The monoisotopic (exact) mass is 477 g/mol. The van der Waals surface area contributed by atoms with Crippen LogP contribution >= 0.6 is 0 Å². The summed E-state index contributed by atoms with van der Waals surface area (Å²) in [5, 5.41) is 1.83. The molecule has 0 aliphatic heterocycles. The number of aryl methyl sites for hydroxylation is 1. The van der Waals surface area contributed by atoms with E-state index in [9.17, 15) is 13.2 Å². The average molecular weight is 478 g/mol. The smallest absolute Gasteiger partial charge is 0.309 e. The second-order valence-corrected chi connectivity index (χ2v) is 9.05. The molecule has 0 radical (unpaired) electrons. The minimum Gasteiger partial charge on any atom is -0.309 e. The van der Waals surface area contributed by atoms with Crippen LogP contribution in [-0.4, -0.2) is 4.57 Å². The van der Waals surface area contributed by atoms with Gasteiger partial charge < -0.3 is 4.57 Å². The molecule has 0 aliphatic rings. The van der Waals surface area contributed by atoms with Crippen LogP contribution in [0.5, 0.6) is 0 Å². The van der Waals surface area contributed by atoms with Crippen LogP contribution in [0.25, 0.3) is 49.7 Å². The third kappa shape index (κ3) is 3.75. The zero-order chi connectivity index (χ0) is 24.9. The van der Waals surface area contributed by atoms with Gasteiger partial charge in [0.15, 0.2) is 0 Å². The second-order valence-electron chi connectivity index (χ2n) is 9.05. The molecule has 1 aromatic heterocycles. The van der Waals surface area contributed by atoms with Gasteiger partial charge in [-0.05, 0) is 71.1 Å². The first kappa shape index (κ1) is 22.2. The number of halogens is 3. The van der Waals surface area contributed by atoms with E-state index in [1.807, 2.05) is 91.9 Å². The Balaban J connectivity index is 1.71. The highest BCUT2D eigenvalue weighted by Crippen LogP contribution is 2.41. The van der Waals surface area contributed by atoms with Crippen molar-refractivity contribution in [2.24, 2.45) is 0 Å². The summed E-state index contributed by atoms with van der Waals surface area (Å²) in [5.41, 5.74) is 5.91. The predicted octanol–water partition coefficient (Wildman–Crippen LogP) is 9.44. The molecule has 0 aliphatic carbocycles. The van der Waals surface area contributed by atoms with Crippen molar-refractivity contribution in [2.45, 2.75) is 13.1 Å². The number of hydrogen-bond acceptors (Lipinski definition) is 0. The average Bonchev–Trinajstić information content (AvgIpc) is 3.22. The maximum atomic E-state index is 14.1. The highest BCUT2D eigenvalue weighted by molar-refractivity contribution is 6.11. The number of aromatic nitrogens is 1. The molecule has 4 heteroatoms. The Kier molecular flexibility index (Phi) is 5.18. The van der Waals surface area contributed by atoms with Gasteiger partial charge in [0.05, 0.1) is 22.3 Å². The first-order valence-corrected chi connectivity index (χ1v) is 11.8. The normalized spacial score (nSPS) is 11.9. The van der Waals surface area contributed by atoms with Gasteiger partial charge in [0.2, 0.25) is 0 Å². The Morgan fingerprint density at radius 2 is 1.03 bits per heavy atom. The van der Waals surface area contributed by atoms with Gasteiger partial charge in [0, 0.05) is 10.8 Å². The molecule has 6 rings (SSSR count). The third-order valence-electron chi connectivity index (χ3n) is 6.68. The molecule has 0 saturated heterocycles. The third-order valence-corrected chi connectivity index (χ3v) is 6.68. The molecule has 0 fully saturated rings. The second kappa shape index (κ2) is 8.42. The Bertz CT molecular complexity index is 1620. The van der Waals surface area contributed by atoms with Crippen molar-refractivity contribution in [3.05, 3.63) is 126 Å². The van der Waals surface area contributed by atoms with Crippen molar-refractivity contribution in [3.8, 4) is 27.9 Å². The van der Waals surface area contributed by atoms with Crippen molar-refractivity contribution in [3.63, 3.8) is 0 Å². The molecule has 6 aromatic rings. The lowest BCUT2D eigenvalue weighted by molar-refractivity contribution is -0.137. The van der Waals surface area contributed by atoms with Gasteiger partial charge in [-0.3, -0.25) is 0 Å². The Morgan fingerprint density at radius 1 is 0.528 bits per heavy atom. The van der Waals surface area contributed by atoms with E-state index in [4.69, 9.17) is 0 Å². The largest absolute Gasteiger partial charge is 0.418 e. The van der Waals surface area contributed by atoms with Crippen molar-refractivity contribution in [1.29, 1.82) is 0 Å². The van der Waals surface area contributed by atoms with E-state index in [2.05, 4.69) is 12.1 Å². The fourth-order valence-corrected chi connectivity index (χ4v) is 4.97. The topological polar surface area (TPSA) is 4.93 Å². The van der Waals surface area contributed by atoms with Crippen LogP contribution in [0, 0.1) is 6.92 Å². The van der Waals surface area contributed by atoms with Crippen LogP contribution in [0.4, 0.5) is 13.2 Å².